The maximum atomic E-state index is 5.38. The van der Waals surface area contributed by atoms with E-state index in [9.17, 15) is 0 Å². The van der Waals surface area contributed by atoms with Crippen molar-refractivity contribution in [3.8, 4) is 0 Å². The Kier molecular flexibility index (Phi) is 3.90. The van der Waals surface area contributed by atoms with Gasteiger partial charge < -0.3 is 4.98 Å². The van der Waals surface area contributed by atoms with Crippen LogP contribution in [0.3, 0.4) is 0 Å². The number of nitrogens with zero attached hydrogens (tertiary/aromatic N) is 1. The molecule has 0 saturated heterocycles. The fraction of sp³-hybridized carbons (Fsp3) is 0.733. The molecule has 1 N–H and O–H groups in total. The number of aromatic nitrogens is 2. The van der Waals surface area contributed by atoms with Gasteiger partial charge in [-0.25, -0.2) is 4.98 Å². The summed E-state index contributed by atoms with van der Waals surface area (Å²) in [6.07, 6.45) is 6.04. The largest absolute Gasteiger partial charge is 0.347 e. The molecule has 100 valence electrons. The molecule has 18 heavy (non-hydrogen) atoms. The van der Waals surface area contributed by atoms with Crippen molar-refractivity contribution >= 4 is 12.2 Å². The van der Waals surface area contributed by atoms with Crippen LogP contribution in [0.15, 0.2) is 0 Å². The van der Waals surface area contributed by atoms with Crippen LogP contribution in [-0.4, -0.2) is 9.97 Å². The monoisotopic (exact) mass is 264 g/mol. The Bertz CT molecular complexity index is 478. The van der Waals surface area contributed by atoms with Gasteiger partial charge in [0.25, 0.3) is 0 Å². The Labute approximate surface area is 115 Å². The van der Waals surface area contributed by atoms with Crippen LogP contribution < -0.4 is 0 Å². The number of H-pyrrole nitrogens is 1. The van der Waals surface area contributed by atoms with E-state index in [4.69, 9.17) is 12.2 Å². The first-order chi connectivity index (χ1) is 8.43. The molecule has 0 atom stereocenters. The van der Waals surface area contributed by atoms with Crippen LogP contribution in [-0.2, 0) is 6.42 Å². The summed E-state index contributed by atoms with van der Waals surface area (Å²) in [6.45, 7) is 8.97. The summed E-state index contributed by atoms with van der Waals surface area (Å²) in [5, 5.41) is 0. The smallest absolute Gasteiger partial charge is 0.132 e. The highest BCUT2D eigenvalue weighted by Gasteiger charge is 2.28. The summed E-state index contributed by atoms with van der Waals surface area (Å²) < 4.78 is 0.783. The summed E-state index contributed by atoms with van der Waals surface area (Å²) in [7, 11) is 0. The van der Waals surface area contributed by atoms with E-state index in [1.165, 1.54) is 31.4 Å². The first kappa shape index (κ1) is 13.7. The average Bonchev–Trinajstić information content (AvgIpc) is 2.32. The molecule has 0 spiro atoms. The van der Waals surface area contributed by atoms with Gasteiger partial charge in [-0.1, -0.05) is 33.0 Å². The number of hydrogen-bond donors (Lipinski definition) is 1. The molecule has 1 aromatic rings. The second-order valence-corrected chi connectivity index (χ2v) is 6.71. The molecule has 1 aliphatic rings. The van der Waals surface area contributed by atoms with Gasteiger partial charge in [-0.15, -0.1) is 0 Å². The Morgan fingerprint density at radius 1 is 1.33 bits per heavy atom. The van der Waals surface area contributed by atoms with Crippen LogP contribution in [0.5, 0.6) is 0 Å². The molecular weight excluding hydrogens is 240 g/mol. The molecule has 2 rings (SSSR count). The summed E-state index contributed by atoms with van der Waals surface area (Å²) in [5.41, 5.74) is 2.91. The molecule has 1 aliphatic carbocycles. The van der Waals surface area contributed by atoms with Crippen molar-refractivity contribution in [1.29, 1.82) is 0 Å². The number of aryl methyl sites for hydroxylation is 1. The van der Waals surface area contributed by atoms with Crippen LogP contribution >= 0.6 is 12.2 Å². The summed E-state index contributed by atoms with van der Waals surface area (Å²) in [6, 6.07) is 0. The minimum atomic E-state index is 0.506. The second kappa shape index (κ2) is 5.12. The van der Waals surface area contributed by atoms with Gasteiger partial charge >= 0.3 is 0 Å². The van der Waals surface area contributed by atoms with E-state index in [0.29, 0.717) is 11.3 Å². The lowest BCUT2D eigenvalue weighted by molar-refractivity contribution is 0.220. The van der Waals surface area contributed by atoms with Crippen molar-refractivity contribution in [3.05, 3.63) is 21.7 Å². The molecule has 0 unspecified atom stereocenters. The lowest BCUT2D eigenvalue weighted by Crippen LogP contribution is -2.21. The maximum Gasteiger partial charge on any atom is 0.132 e. The van der Waals surface area contributed by atoms with Crippen molar-refractivity contribution in [2.24, 2.45) is 5.41 Å². The van der Waals surface area contributed by atoms with Crippen LogP contribution in [0.4, 0.5) is 0 Å². The molecule has 1 saturated carbocycles. The highest BCUT2D eigenvalue weighted by atomic mass is 32.1. The predicted octanol–water partition coefficient (Wildman–Crippen LogP) is 4.69. The summed E-state index contributed by atoms with van der Waals surface area (Å²) in [5.74, 6) is 1.70. The first-order valence-electron chi connectivity index (χ1n) is 7.02. The van der Waals surface area contributed by atoms with Gasteiger partial charge in [0.1, 0.15) is 10.5 Å². The fourth-order valence-corrected chi connectivity index (χ4v) is 3.04. The highest BCUT2D eigenvalue weighted by Crippen LogP contribution is 2.41. The minimum absolute atomic E-state index is 0.506. The lowest BCUT2D eigenvalue weighted by Gasteiger charge is -2.34. The van der Waals surface area contributed by atoms with E-state index < -0.39 is 0 Å². The maximum absolute atomic E-state index is 5.38. The van der Waals surface area contributed by atoms with Crippen molar-refractivity contribution in [3.63, 3.8) is 0 Å². The Morgan fingerprint density at radius 2 is 1.94 bits per heavy atom. The number of hydrogen-bond acceptors (Lipinski definition) is 2. The van der Waals surface area contributed by atoms with Crippen molar-refractivity contribution in [2.45, 2.75) is 65.7 Å². The molecule has 0 bridgehead atoms. The van der Waals surface area contributed by atoms with E-state index in [1.807, 2.05) is 0 Å². The van der Waals surface area contributed by atoms with Gasteiger partial charge in [0.15, 0.2) is 0 Å². The number of nitrogens with one attached hydrogen (secondary N) is 1. The van der Waals surface area contributed by atoms with Gasteiger partial charge in [-0.3, -0.25) is 0 Å². The zero-order valence-corrected chi connectivity index (χ0v) is 12.8. The molecule has 1 aromatic heterocycles. The summed E-state index contributed by atoms with van der Waals surface area (Å²) in [4.78, 5) is 8.13. The van der Waals surface area contributed by atoms with Crippen molar-refractivity contribution < 1.29 is 0 Å². The van der Waals surface area contributed by atoms with Crippen LogP contribution in [0.2, 0.25) is 0 Å². The third-order valence-electron chi connectivity index (χ3n) is 4.35. The Morgan fingerprint density at radius 3 is 2.50 bits per heavy atom. The highest BCUT2D eigenvalue weighted by molar-refractivity contribution is 7.71. The van der Waals surface area contributed by atoms with Gasteiger partial charge in [-0.05, 0) is 44.4 Å². The van der Waals surface area contributed by atoms with E-state index >= 15 is 0 Å². The number of rotatable bonds is 2. The van der Waals surface area contributed by atoms with E-state index in [1.54, 1.807) is 0 Å². The Hall–Kier alpha value is -0.700. The van der Waals surface area contributed by atoms with Crippen molar-refractivity contribution in [1.82, 2.24) is 9.97 Å². The third kappa shape index (κ3) is 2.82. The Balaban J connectivity index is 2.25. The van der Waals surface area contributed by atoms with E-state index in [0.717, 1.165) is 22.4 Å². The fourth-order valence-electron chi connectivity index (χ4n) is 2.82. The SMILES string of the molecule is CCc1[nH]c(C2CCC(C)(C)CC2)nc(=S)c1C. The molecule has 0 radical (unpaired) electrons. The van der Waals surface area contributed by atoms with Gasteiger partial charge in [-0.2, -0.15) is 0 Å². The zero-order chi connectivity index (χ0) is 13.3. The van der Waals surface area contributed by atoms with Gasteiger partial charge in [0, 0.05) is 17.2 Å². The normalized spacial score (nSPS) is 20.0. The molecule has 0 amide bonds. The molecule has 1 fully saturated rings. The standard InChI is InChI=1S/C15H24N2S/c1-5-12-10(2)14(18)17-13(16-12)11-6-8-15(3,4)9-7-11/h11H,5-9H2,1-4H3,(H,16,17,18). The molecular formula is C15H24N2S. The first-order valence-corrected chi connectivity index (χ1v) is 7.43. The quantitative estimate of drug-likeness (QED) is 0.785. The third-order valence-corrected chi connectivity index (χ3v) is 4.75. The minimum Gasteiger partial charge on any atom is -0.347 e. The predicted molar refractivity (Wildman–Crippen MR) is 78.5 cm³/mol. The van der Waals surface area contributed by atoms with Crippen LogP contribution in [0.1, 0.15) is 69.5 Å². The van der Waals surface area contributed by atoms with E-state index in [2.05, 4.69) is 37.7 Å². The number of aromatic amines is 1. The van der Waals surface area contributed by atoms with Gasteiger partial charge in [0.2, 0.25) is 0 Å². The van der Waals surface area contributed by atoms with Crippen LogP contribution in [0, 0.1) is 17.0 Å². The lowest BCUT2D eigenvalue weighted by atomic mass is 9.73. The molecule has 1 heterocycles. The summed E-state index contributed by atoms with van der Waals surface area (Å²) >= 11 is 5.38. The zero-order valence-electron chi connectivity index (χ0n) is 12.0. The molecule has 2 nitrogen and oxygen atoms in total. The van der Waals surface area contributed by atoms with Gasteiger partial charge in [0.05, 0.1) is 0 Å². The van der Waals surface area contributed by atoms with Crippen LogP contribution in [0.25, 0.3) is 0 Å². The topological polar surface area (TPSA) is 28.7 Å². The second-order valence-electron chi connectivity index (χ2n) is 6.32. The van der Waals surface area contributed by atoms with E-state index in [-0.39, 0.29) is 0 Å². The van der Waals surface area contributed by atoms with Crippen molar-refractivity contribution in [2.75, 3.05) is 0 Å². The molecule has 3 heteroatoms. The average molecular weight is 264 g/mol. The molecule has 0 aliphatic heterocycles. The molecule has 0 aromatic carbocycles.